The number of ether oxygens (including phenoxy) is 1. The van der Waals surface area contributed by atoms with Gasteiger partial charge in [-0.15, -0.1) is 0 Å². The zero-order valence-corrected chi connectivity index (χ0v) is 8.95. The van der Waals surface area contributed by atoms with Gasteiger partial charge < -0.3 is 14.9 Å². The largest absolute Gasteiger partial charge is 0.469 e. The molecule has 0 radical (unpaired) electrons. The number of hydrogen-bond acceptors (Lipinski definition) is 4. The molecule has 0 saturated carbocycles. The van der Waals surface area contributed by atoms with E-state index in [-0.39, 0.29) is 12.8 Å². The minimum Gasteiger partial charge on any atom is -0.469 e. The summed E-state index contributed by atoms with van der Waals surface area (Å²) in [6.07, 6.45) is -1.80. The van der Waals surface area contributed by atoms with E-state index >= 15 is 0 Å². The van der Waals surface area contributed by atoms with Crippen molar-refractivity contribution in [3.63, 3.8) is 0 Å². The summed E-state index contributed by atoms with van der Waals surface area (Å²) in [6.45, 7) is 3.45. The van der Waals surface area contributed by atoms with Crippen molar-refractivity contribution in [3.05, 3.63) is 11.1 Å². The molecule has 0 heterocycles. The first-order chi connectivity index (χ1) is 5.97. The Balaban J connectivity index is 3.80. The lowest BCUT2D eigenvalue weighted by Crippen LogP contribution is -2.21. The monoisotopic (exact) mass is 252 g/mol. The third-order valence-corrected chi connectivity index (χ3v) is 2.02. The van der Waals surface area contributed by atoms with E-state index in [1.807, 2.05) is 0 Å². The molecule has 76 valence electrons. The Morgan fingerprint density at radius 2 is 2.15 bits per heavy atom. The smallest absolute Gasteiger partial charge is 0.308 e. The molecular weight excluding hydrogens is 240 g/mol. The summed E-state index contributed by atoms with van der Waals surface area (Å²) >= 11 is 2.98. The Labute approximate surface area is 85.3 Å². The molecule has 0 saturated heterocycles. The van der Waals surface area contributed by atoms with E-state index in [2.05, 4.69) is 27.2 Å². The molecule has 2 N–H and O–H groups in total. The quantitative estimate of drug-likeness (QED) is 0.703. The van der Waals surface area contributed by atoms with E-state index in [1.54, 1.807) is 0 Å². The Bertz CT molecular complexity index is 193. The SMILES string of the molecule is C=C(Br)[C@@H](O)C[C@H](O)CC(=O)OC. The van der Waals surface area contributed by atoms with Gasteiger partial charge in [0.2, 0.25) is 0 Å². The average molecular weight is 253 g/mol. The van der Waals surface area contributed by atoms with Crippen LogP contribution in [-0.2, 0) is 9.53 Å². The second-order valence-corrected chi connectivity index (χ2v) is 3.65. The summed E-state index contributed by atoms with van der Waals surface area (Å²) in [6, 6.07) is 0. The molecule has 0 unspecified atom stereocenters. The second-order valence-electron chi connectivity index (χ2n) is 2.63. The van der Waals surface area contributed by atoms with Crippen molar-refractivity contribution in [2.75, 3.05) is 7.11 Å². The van der Waals surface area contributed by atoms with Gasteiger partial charge in [-0.25, -0.2) is 0 Å². The lowest BCUT2D eigenvalue weighted by molar-refractivity contribution is -0.143. The van der Waals surface area contributed by atoms with Crippen LogP contribution < -0.4 is 0 Å². The number of rotatable bonds is 5. The van der Waals surface area contributed by atoms with E-state index in [9.17, 15) is 15.0 Å². The molecule has 0 aliphatic heterocycles. The third-order valence-electron chi connectivity index (χ3n) is 1.49. The van der Waals surface area contributed by atoms with Crippen molar-refractivity contribution >= 4 is 21.9 Å². The molecule has 0 fully saturated rings. The lowest BCUT2D eigenvalue weighted by Gasteiger charge is -2.13. The number of halogens is 1. The molecule has 0 aromatic heterocycles. The van der Waals surface area contributed by atoms with E-state index in [0.29, 0.717) is 4.48 Å². The highest BCUT2D eigenvalue weighted by Crippen LogP contribution is 2.14. The molecule has 0 aromatic carbocycles. The van der Waals surface area contributed by atoms with Gasteiger partial charge in [0.25, 0.3) is 0 Å². The van der Waals surface area contributed by atoms with E-state index in [4.69, 9.17) is 0 Å². The van der Waals surface area contributed by atoms with E-state index in [1.165, 1.54) is 7.11 Å². The zero-order chi connectivity index (χ0) is 10.4. The maximum atomic E-state index is 10.7. The van der Waals surface area contributed by atoms with Gasteiger partial charge in [-0.3, -0.25) is 4.79 Å². The molecule has 0 spiro atoms. The highest BCUT2D eigenvalue weighted by atomic mass is 79.9. The number of carbonyl (C=O) groups excluding carboxylic acids is 1. The molecule has 0 amide bonds. The Morgan fingerprint density at radius 1 is 1.62 bits per heavy atom. The van der Waals surface area contributed by atoms with Gasteiger partial charge >= 0.3 is 5.97 Å². The van der Waals surface area contributed by atoms with Crippen LogP contribution in [0.3, 0.4) is 0 Å². The lowest BCUT2D eigenvalue weighted by atomic mass is 10.1. The summed E-state index contributed by atoms with van der Waals surface area (Å²) in [7, 11) is 1.24. The highest BCUT2D eigenvalue weighted by Gasteiger charge is 2.16. The van der Waals surface area contributed by atoms with Crippen LogP contribution in [-0.4, -0.2) is 35.5 Å². The summed E-state index contributed by atoms with van der Waals surface area (Å²) in [5, 5.41) is 18.5. The molecule has 0 aliphatic carbocycles. The molecular formula is C8H13BrO4. The second kappa shape index (κ2) is 6.12. The average Bonchev–Trinajstić information content (AvgIpc) is 2.03. The minimum absolute atomic E-state index is 0.0686. The van der Waals surface area contributed by atoms with E-state index < -0.39 is 18.2 Å². The van der Waals surface area contributed by atoms with Crippen LogP contribution >= 0.6 is 15.9 Å². The van der Waals surface area contributed by atoms with E-state index in [0.717, 1.165) is 0 Å². The van der Waals surface area contributed by atoms with Crippen LogP contribution in [0.4, 0.5) is 0 Å². The summed E-state index contributed by atoms with van der Waals surface area (Å²) < 4.78 is 4.73. The molecule has 13 heavy (non-hydrogen) atoms. The molecule has 0 aromatic rings. The van der Waals surface area contributed by atoms with Gasteiger partial charge in [0.15, 0.2) is 0 Å². The standard InChI is InChI=1S/C8H13BrO4/c1-5(9)7(11)3-6(10)4-8(12)13-2/h6-7,10-11H,1,3-4H2,2H3/t6-,7-/m0/s1. The van der Waals surface area contributed by atoms with Gasteiger partial charge in [0.1, 0.15) is 0 Å². The normalized spacial score (nSPS) is 14.8. The van der Waals surface area contributed by atoms with Gasteiger partial charge in [-0.1, -0.05) is 22.5 Å². The topological polar surface area (TPSA) is 66.8 Å². The van der Waals surface area contributed by atoms with Crippen molar-refractivity contribution in [2.24, 2.45) is 0 Å². The van der Waals surface area contributed by atoms with Crippen molar-refractivity contribution in [3.8, 4) is 0 Å². The number of methoxy groups -OCH3 is 1. The summed E-state index contributed by atoms with van der Waals surface area (Å²) in [4.78, 5) is 10.7. The minimum atomic E-state index is -0.906. The summed E-state index contributed by atoms with van der Waals surface area (Å²) in [5.41, 5.74) is 0. The maximum Gasteiger partial charge on any atom is 0.308 e. The molecule has 0 bridgehead atoms. The highest BCUT2D eigenvalue weighted by molar-refractivity contribution is 9.11. The Morgan fingerprint density at radius 3 is 2.54 bits per heavy atom. The third kappa shape index (κ3) is 5.79. The van der Waals surface area contributed by atoms with Crippen LogP contribution in [0.5, 0.6) is 0 Å². The number of carbonyl (C=O) groups is 1. The molecule has 0 rings (SSSR count). The predicted molar refractivity (Wildman–Crippen MR) is 51.3 cm³/mol. The predicted octanol–water partition coefficient (Wildman–Crippen LogP) is 0.570. The van der Waals surface area contributed by atoms with Gasteiger partial charge in [-0.05, 0) is 0 Å². The first-order valence-corrected chi connectivity index (χ1v) is 4.54. The Hall–Kier alpha value is -0.390. The molecule has 0 aliphatic rings. The van der Waals surface area contributed by atoms with Crippen molar-refractivity contribution in [1.29, 1.82) is 0 Å². The number of hydrogen-bond donors (Lipinski definition) is 2. The van der Waals surface area contributed by atoms with Crippen molar-refractivity contribution in [2.45, 2.75) is 25.0 Å². The fourth-order valence-electron chi connectivity index (χ4n) is 0.745. The van der Waals surface area contributed by atoms with Crippen LogP contribution in [0.15, 0.2) is 11.1 Å². The first-order valence-electron chi connectivity index (χ1n) is 3.74. The first kappa shape index (κ1) is 12.6. The number of esters is 1. The number of aliphatic hydroxyl groups is 2. The Kier molecular flexibility index (Phi) is 5.94. The van der Waals surface area contributed by atoms with Crippen molar-refractivity contribution < 1.29 is 19.7 Å². The fourth-order valence-corrected chi connectivity index (χ4v) is 0.932. The molecule has 4 nitrogen and oxygen atoms in total. The van der Waals surface area contributed by atoms with Gasteiger partial charge in [-0.2, -0.15) is 0 Å². The van der Waals surface area contributed by atoms with Gasteiger partial charge in [0, 0.05) is 10.9 Å². The van der Waals surface area contributed by atoms with Gasteiger partial charge in [0.05, 0.1) is 25.7 Å². The van der Waals surface area contributed by atoms with Crippen molar-refractivity contribution in [1.82, 2.24) is 0 Å². The van der Waals surface area contributed by atoms with Crippen LogP contribution in [0.25, 0.3) is 0 Å². The number of aliphatic hydroxyl groups excluding tert-OH is 2. The molecule has 2 atom stereocenters. The van der Waals surface area contributed by atoms with Crippen LogP contribution in [0.2, 0.25) is 0 Å². The van der Waals surface area contributed by atoms with Crippen LogP contribution in [0, 0.1) is 0 Å². The summed E-state index contributed by atoms with van der Waals surface area (Å²) in [5.74, 6) is -0.500. The van der Waals surface area contributed by atoms with Crippen LogP contribution in [0.1, 0.15) is 12.8 Å². The molecule has 5 heteroatoms. The fraction of sp³-hybridized carbons (Fsp3) is 0.625. The maximum absolute atomic E-state index is 10.7. The zero-order valence-electron chi connectivity index (χ0n) is 7.36.